The highest BCUT2D eigenvalue weighted by Crippen LogP contribution is 2.34. The molecule has 3 rings (SSSR count). The number of aliphatic hydroxyl groups excluding tert-OH is 1. The Morgan fingerprint density at radius 2 is 2.18 bits per heavy atom. The molecule has 90 valence electrons. The molecule has 0 atom stereocenters. The maximum atomic E-state index is 8.92. The summed E-state index contributed by atoms with van der Waals surface area (Å²) in [7, 11) is 0. The van der Waals surface area contributed by atoms with E-state index in [1.54, 1.807) is 11.3 Å². The molecule has 0 radical (unpaired) electrons. The largest absolute Gasteiger partial charge is 0.388 e. The van der Waals surface area contributed by atoms with Crippen LogP contribution < -0.4 is 0 Å². The second-order valence-corrected chi connectivity index (χ2v) is 5.43. The first kappa shape index (κ1) is 10.9. The molecular formula is C12H14N2O2S. The maximum Gasteiger partial charge on any atom is 0.268 e. The third-order valence-corrected chi connectivity index (χ3v) is 4.29. The van der Waals surface area contributed by atoms with Crippen molar-refractivity contribution >= 4 is 11.3 Å². The first-order valence-electron chi connectivity index (χ1n) is 5.92. The van der Waals surface area contributed by atoms with Crippen LogP contribution in [0.25, 0.3) is 10.8 Å². The molecule has 1 N–H and O–H groups in total. The lowest BCUT2D eigenvalue weighted by atomic mass is 10.1. The van der Waals surface area contributed by atoms with Crippen LogP contribution in [0.1, 0.15) is 35.5 Å². The number of aromatic nitrogens is 2. The molecule has 0 bridgehead atoms. The Kier molecular flexibility index (Phi) is 2.94. The van der Waals surface area contributed by atoms with E-state index < -0.39 is 0 Å². The molecule has 2 aromatic rings. The Morgan fingerprint density at radius 1 is 1.29 bits per heavy atom. The lowest BCUT2D eigenvalue weighted by Gasteiger charge is -1.92. The zero-order chi connectivity index (χ0) is 11.7. The van der Waals surface area contributed by atoms with Gasteiger partial charge >= 0.3 is 0 Å². The van der Waals surface area contributed by atoms with E-state index in [2.05, 4.69) is 16.2 Å². The summed E-state index contributed by atoms with van der Waals surface area (Å²) in [5.74, 6) is 0.885. The maximum absolute atomic E-state index is 8.92. The van der Waals surface area contributed by atoms with E-state index in [0.29, 0.717) is 11.7 Å². The van der Waals surface area contributed by atoms with Gasteiger partial charge in [-0.3, -0.25) is 0 Å². The second kappa shape index (κ2) is 4.58. The van der Waals surface area contributed by atoms with Gasteiger partial charge in [0.05, 0.1) is 4.88 Å². The summed E-state index contributed by atoms with van der Waals surface area (Å²) >= 11 is 1.75. The van der Waals surface area contributed by atoms with Crippen LogP contribution in [0.3, 0.4) is 0 Å². The quantitative estimate of drug-likeness (QED) is 0.832. The van der Waals surface area contributed by atoms with Gasteiger partial charge in [-0.05, 0) is 37.3 Å². The van der Waals surface area contributed by atoms with E-state index in [0.717, 1.165) is 11.3 Å². The van der Waals surface area contributed by atoms with E-state index in [9.17, 15) is 0 Å². The molecule has 0 saturated heterocycles. The van der Waals surface area contributed by atoms with Crippen molar-refractivity contribution in [1.29, 1.82) is 0 Å². The predicted octanol–water partition coefficient (Wildman–Crippen LogP) is 2.56. The molecule has 2 aromatic heterocycles. The van der Waals surface area contributed by atoms with Gasteiger partial charge in [0, 0.05) is 4.88 Å². The lowest BCUT2D eigenvalue weighted by Crippen LogP contribution is -1.84. The fraction of sp³-hybridized carbons (Fsp3) is 0.500. The van der Waals surface area contributed by atoms with Gasteiger partial charge in [0.25, 0.3) is 5.89 Å². The average Bonchev–Trinajstić information content (AvgIpc) is 2.92. The van der Waals surface area contributed by atoms with Gasteiger partial charge in [0.15, 0.2) is 5.82 Å². The third-order valence-electron chi connectivity index (χ3n) is 3.07. The molecule has 1 aliphatic rings. The van der Waals surface area contributed by atoms with Crippen molar-refractivity contribution in [2.24, 2.45) is 0 Å². The van der Waals surface area contributed by atoms with Crippen molar-refractivity contribution in [2.75, 3.05) is 0 Å². The average molecular weight is 250 g/mol. The standard InChI is InChI=1S/C12H14N2O2S/c15-7-11-13-12(16-14-11)10-6-8-4-2-1-3-5-9(8)17-10/h6,15H,1-5,7H2. The van der Waals surface area contributed by atoms with Crippen molar-refractivity contribution in [3.8, 4) is 10.8 Å². The molecule has 0 unspecified atom stereocenters. The molecule has 4 nitrogen and oxygen atoms in total. The number of rotatable bonds is 2. The number of thiophene rings is 1. The van der Waals surface area contributed by atoms with Crippen LogP contribution >= 0.6 is 11.3 Å². The topological polar surface area (TPSA) is 59.2 Å². The molecule has 0 aliphatic heterocycles. The van der Waals surface area contributed by atoms with E-state index in [1.807, 2.05) is 0 Å². The zero-order valence-electron chi connectivity index (χ0n) is 9.48. The van der Waals surface area contributed by atoms with Crippen molar-refractivity contribution in [2.45, 2.75) is 38.7 Å². The highest BCUT2D eigenvalue weighted by atomic mass is 32.1. The van der Waals surface area contributed by atoms with Gasteiger partial charge in [-0.15, -0.1) is 11.3 Å². The molecule has 0 spiro atoms. The van der Waals surface area contributed by atoms with Crippen LogP contribution in [0.15, 0.2) is 10.6 Å². The van der Waals surface area contributed by atoms with Crippen LogP contribution in [-0.2, 0) is 19.4 Å². The molecular weight excluding hydrogens is 236 g/mol. The van der Waals surface area contributed by atoms with Crippen molar-refractivity contribution in [3.63, 3.8) is 0 Å². The Hall–Kier alpha value is -1.20. The second-order valence-electron chi connectivity index (χ2n) is 4.29. The molecule has 5 heteroatoms. The number of aryl methyl sites for hydroxylation is 2. The minimum absolute atomic E-state index is 0.172. The Balaban J connectivity index is 1.93. The summed E-state index contributed by atoms with van der Waals surface area (Å²) in [6, 6.07) is 2.17. The predicted molar refractivity (Wildman–Crippen MR) is 64.8 cm³/mol. The minimum Gasteiger partial charge on any atom is -0.388 e. The van der Waals surface area contributed by atoms with Crippen molar-refractivity contribution in [1.82, 2.24) is 10.1 Å². The van der Waals surface area contributed by atoms with E-state index in [4.69, 9.17) is 9.63 Å². The molecule has 1 aliphatic carbocycles. The fourth-order valence-corrected chi connectivity index (χ4v) is 3.37. The monoisotopic (exact) mass is 250 g/mol. The highest BCUT2D eigenvalue weighted by Gasteiger charge is 2.16. The smallest absolute Gasteiger partial charge is 0.268 e. The minimum atomic E-state index is -0.172. The molecule has 0 aromatic carbocycles. The number of nitrogens with zero attached hydrogens (tertiary/aromatic N) is 2. The van der Waals surface area contributed by atoms with Crippen LogP contribution in [0, 0.1) is 0 Å². The van der Waals surface area contributed by atoms with Gasteiger partial charge in [-0.2, -0.15) is 4.98 Å². The van der Waals surface area contributed by atoms with Crippen LogP contribution in [0.5, 0.6) is 0 Å². The molecule has 0 saturated carbocycles. The van der Waals surface area contributed by atoms with Gasteiger partial charge in [-0.1, -0.05) is 11.6 Å². The molecule has 17 heavy (non-hydrogen) atoms. The number of hydrogen-bond acceptors (Lipinski definition) is 5. The summed E-state index contributed by atoms with van der Waals surface area (Å²) in [6.07, 6.45) is 6.20. The number of aliphatic hydroxyl groups is 1. The number of fused-ring (bicyclic) bond motifs is 1. The normalized spacial score (nSPS) is 15.6. The van der Waals surface area contributed by atoms with E-state index in [1.165, 1.54) is 36.1 Å². The highest BCUT2D eigenvalue weighted by molar-refractivity contribution is 7.15. The van der Waals surface area contributed by atoms with Crippen LogP contribution in [0.4, 0.5) is 0 Å². The summed E-state index contributed by atoms with van der Waals surface area (Å²) in [6.45, 7) is -0.172. The van der Waals surface area contributed by atoms with Gasteiger partial charge < -0.3 is 9.63 Å². The Morgan fingerprint density at radius 3 is 3.00 bits per heavy atom. The Bertz CT molecular complexity index is 495. The zero-order valence-corrected chi connectivity index (χ0v) is 10.3. The first-order chi connectivity index (χ1) is 8.36. The first-order valence-corrected chi connectivity index (χ1v) is 6.74. The Labute approximate surface area is 103 Å². The fourth-order valence-electron chi connectivity index (χ4n) is 2.19. The third kappa shape index (κ3) is 2.12. The van der Waals surface area contributed by atoms with Crippen molar-refractivity contribution < 1.29 is 9.63 Å². The SMILES string of the molecule is OCc1noc(-c2cc3c(s2)CCCCC3)n1. The summed E-state index contributed by atoms with van der Waals surface area (Å²) in [5, 5.41) is 12.6. The summed E-state index contributed by atoms with van der Waals surface area (Å²) < 4.78 is 5.14. The van der Waals surface area contributed by atoms with Crippen LogP contribution in [0.2, 0.25) is 0 Å². The van der Waals surface area contributed by atoms with Crippen LogP contribution in [-0.4, -0.2) is 15.2 Å². The summed E-state index contributed by atoms with van der Waals surface area (Å²) in [5.41, 5.74) is 1.44. The van der Waals surface area contributed by atoms with E-state index in [-0.39, 0.29) is 6.61 Å². The molecule has 2 heterocycles. The number of hydrogen-bond donors (Lipinski definition) is 1. The molecule has 0 fully saturated rings. The van der Waals surface area contributed by atoms with Gasteiger partial charge in [-0.25, -0.2) is 0 Å². The van der Waals surface area contributed by atoms with E-state index >= 15 is 0 Å². The lowest BCUT2D eigenvalue weighted by molar-refractivity contribution is 0.264. The molecule has 0 amide bonds. The van der Waals surface area contributed by atoms with Gasteiger partial charge in [0.2, 0.25) is 0 Å². The van der Waals surface area contributed by atoms with Gasteiger partial charge in [0.1, 0.15) is 6.61 Å². The van der Waals surface area contributed by atoms with Crippen molar-refractivity contribution in [3.05, 3.63) is 22.3 Å². The summed E-state index contributed by atoms with van der Waals surface area (Å²) in [4.78, 5) is 6.64.